The summed E-state index contributed by atoms with van der Waals surface area (Å²) in [7, 11) is 0. The van der Waals surface area contributed by atoms with Gasteiger partial charge in [-0.3, -0.25) is 4.79 Å². The van der Waals surface area contributed by atoms with Gasteiger partial charge < -0.3 is 5.32 Å². The van der Waals surface area contributed by atoms with Gasteiger partial charge in [0, 0.05) is 13.1 Å². The van der Waals surface area contributed by atoms with Crippen molar-refractivity contribution in [2.75, 3.05) is 11.9 Å². The van der Waals surface area contributed by atoms with Gasteiger partial charge in [-0.1, -0.05) is 46.2 Å². The van der Waals surface area contributed by atoms with Gasteiger partial charge in [0.05, 0.1) is 11.9 Å². The minimum Gasteiger partial charge on any atom is -0.382 e. The largest absolute Gasteiger partial charge is 0.382 e. The summed E-state index contributed by atoms with van der Waals surface area (Å²) in [5.41, 5.74) is 0.400. The third kappa shape index (κ3) is 4.53. The van der Waals surface area contributed by atoms with Crippen LogP contribution in [-0.4, -0.2) is 16.3 Å². The van der Waals surface area contributed by atoms with E-state index in [0.29, 0.717) is 30.0 Å². The highest BCUT2D eigenvalue weighted by molar-refractivity contribution is 6.32. The van der Waals surface area contributed by atoms with E-state index in [1.807, 2.05) is 13.8 Å². The van der Waals surface area contributed by atoms with Crippen molar-refractivity contribution >= 4 is 17.3 Å². The molecule has 1 atom stereocenters. The Morgan fingerprint density at radius 3 is 2.47 bits per heavy atom. The van der Waals surface area contributed by atoms with Crippen molar-refractivity contribution in [3.8, 4) is 0 Å². The van der Waals surface area contributed by atoms with E-state index >= 15 is 0 Å². The first-order chi connectivity index (χ1) is 8.82. The highest BCUT2D eigenvalue weighted by Gasteiger charge is 2.12. The zero-order chi connectivity index (χ0) is 14.6. The summed E-state index contributed by atoms with van der Waals surface area (Å²) in [6.45, 7) is 12.0. The number of hydrogen-bond acceptors (Lipinski definition) is 3. The summed E-state index contributed by atoms with van der Waals surface area (Å²) < 4.78 is 1.42. The fourth-order valence-electron chi connectivity index (χ4n) is 1.57. The zero-order valence-corrected chi connectivity index (χ0v) is 13.2. The standard InChI is InChI=1S/C14H24ClN3O/c1-9(2)8-18-14(19)13(15)12(7-17-18)16-6-11(5)10(3)4/h7,9-11,16H,6,8H2,1-5H3. The van der Waals surface area contributed by atoms with E-state index in [-0.39, 0.29) is 10.6 Å². The van der Waals surface area contributed by atoms with E-state index in [1.54, 1.807) is 6.20 Å². The monoisotopic (exact) mass is 285 g/mol. The average molecular weight is 286 g/mol. The molecule has 0 saturated carbocycles. The number of halogens is 1. The molecule has 4 nitrogen and oxygen atoms in total. The maximum atomic E-state index is 12.0. The molecule has 0 aliphatic carbocycles. The minimum absolute atomic E-state index is 0.224. The lowest BCUT2D eigenvalue weighted by Gasteiger charge is -2.17. The van der Waals surface area contributed by atoms with Gasteiger partial charge in [-0.15, -0.1) is 0 Å². The Morgan fingerprint density at radius 1 is 1.32 bits per heavy atom. The molecule has 0 aromatic carbocycles. The van der Waals surface area contributed by atoms with Crippen LogP contribution in [0.5, 0.6) is 0 Å². The van der Waals surface area contributed by atoms with Gasteiger partial charge in [-0.25, -0.2) is 4.68 Å². The van der Waals surface area contributed by atoms with Crippen LogP contribution in [0.4, 0.5) is 5.69 Å². The smallest absolute Gasteiger partial charge is 0.287 e. The van der Waals surface area contributed by atoms with Crippen molar-refractivity contribution < 1.29 is 0 Å². The Hall–Kier alpha value is -1.03. The van der Waals surface area contributed by atoms with Crippen molar-refractivity contribution in [3.05, 3.63) is 21.6 Å². The molecule has 0 aliphatic rings. The first-order valence-corrected chi connectivity index (χ1v) is 7.20. The number of aromatic nitrogens is 2. The lowest BCUT2D eigenvalue weighted by atomic mass is 9.98. The number of nitrogens with zero attached hydrogens (tertiary/aromatic N) is 2. The molecule has 0 saturated heterocycles. The number of hydrogen-bond donors (Lipinski definition) is 1. The maximum absolute atomic E-state index is 12.0. The Labute approximate surface area is 120 Å². The van der Waals surface area contributed by atoms with Gasteiger partial charge in [0.25, 0.3) is 5.56 Å². The van der Waals surface area contributed by atoms with Gasteiger partial charge in [-0.05, 0) is 17.8 Å². The van der Waals surface area contributed by atoms with Crippen LogP contribution in [0.15, 0.2) is 11.0 Å². The highest BCUT2D eigenvalue weighted by Crippen LogP contribution is 2.17. The summed E-state index contributed by atoms with van der Waals surface area (Å²) in [6.07, 6.45) is 1.64. The molecule has 5 heteroatoms. The normalized spacial score (nSPS) is 13.1. The summed E-state index contributed by atoms with van der Waals surface area (Å²) in [4.78, 5) is 12.0. The van der Waals surface area contributed by atoms with E-state index in [1.165, 1.54) is 4.68 Å². The van der Waals surface area contributed by atoms with Gasteiger partial charge in [-0.2, -0.15) is 5.10 Å². The first-order valence-electron chi connectivity index (χ1n) is 6.82. The molecule has 108 valence electrons. The Morgan fingerprint density at radius 2 is 1.95 bits per heavy atom. The molecule has 1 aromatic rings. The number of nitrogens with one attached hydrogen (secondary N) is 1. The minimum atomic E-state index is -0.224. The van der Waals surface area contributed by atoms with Gasteiger partial charge in [0.15, 0.2) is 0 Å². The van der Waals surface area contributed by atoms with Crippen LogP contribution < -0.4 is 10.9 Å². The molecule has 1 N–H and O–H groups in total. The molecule has 0 spiro atoms. The molecule has 0 fully saturated rings. The molecule has 1 heterocycles. The van der Waals surface area contributed by atoms with E-state index in [9.17, 15) is 4.79 Å². The topological polar surface area (TPSA) is 46.9 Å². The fraction of sp³-hybridized carbons (Fsp3) is 0.714. The van der Waals surface area contributed by atoms with Crippen molar-refractivity contribution in [2.45, 2.75) is 41.2 Å². The molecule has 0 aliphatic heterocycles. The zero-order valence-electron chi connectivity index (χ0n) is 12.4. The molecular weight excluding hydrogens is 262 g/mol. The van der Waals surface area contributed by atoms with Crippen LogP contribution in [0.3, 0.4) is 0 Å². The van der Waals surface area contributed by atoms with Crippen molar-refractivity contribution in [3.63, 3.8) is 0 Å². The predicted octanol–water partition coefficient (Wildman–Crippen LogP) is 3.26. The molecule has 1 aromatic heterocycles. The number of rotatable bonds is 6. The predicted molar refractivity (Wildman–Crippen MR) is 80.8 cm³/mol. The third-order valence-electron chi connectivity index (χ3n) is 3.28. The van der Waals surface area contributed by atoms with Gasteiger partial charge in [0.2, 0.25) is 0 Å². The molecular formula is C14H24ClN3O. The molecule has 1 unspecified atom stereocenters. The van der Waals surface area contributed by atoms with Crippen LogP contribution in [0.1, 0.15) is 34.6 Å². The lowest BCUT2D eigenvalue weighted by Crippen LogP contribution is -2.27. The average Bonchev–Trinajstić information content (AvgIpc) is 2.33. The van der Waals surface area contributed by atoms with Crippen LogP contribution >= 0.6 is 11.6 Å². The summed E-state index contributed by atoms with van der Waals surface area (Å²) in [6, 6.07) is 0. The molecule has 0 bridgehead atoms. The second-order valence-corrected chi connectivity index (χ2v) is 6.23. The quantitative estimate of drug-likeness (QED) is 0.873. The van der Waals surface area contributed by atoms with Crippen molar-refractivity contribution in [2.24, 2.45) is 17.8 Å². The van der Waals surface area contributed by atoms with Gasteiger partial charge >= 0.3 is 0 Å². The summed E-state index contributed by atoms with van der Waals surface area (Å²) >= 11 is 6.11. The maximum Gasteiger partial charge on any atom is 0.287 e. The van der Waals surface area contributed by atoms with E-state index in [0.717, 1.165) is 6.54 Å². The fourth-order valence-corrected chi connectivity index (χ4v) is 1.78. The highest BCUT2D eigenvalue weighted by atomic mass is 35.5. The Kier molecular flexibility index (Phi) is 5.85. The molecule has 19 heavy (non-hydrogen) atoms. The first kappa shape index (κ1) is 16.0. The van der Waals surface area contributed by atoms with Crippen molar-refractivity contribution in [1.82, 2.24) is 9.78 Å². The lowest BCUT2D eigenvalue weighted by molar-refractivity contribution is 0.439. The van der Waals surface area contributed by atoms with Crippen LogP contribution in [0, 0.1) is 17.8 Å². The van der Waals surface area contributed by atoms with Crippen molar-refractivity contribution in [1.29, 1.82) is 0 Å². The summed E-state index contributed by atoms with van der Waals surface area (Å²) in [5.74, 6) is 1.45. The van der Waals surface area contributed by atoms with E-state index < -0.39 is 0 Å². The third-order valence-corrected chi connectivity index (χ3v) is 3.64. The van der Waals surface area contributed by atoms with E-state index in [4.69, 9.17) is 11.6 Å². The van der Waals surface area contributed by atoms with Crippen LogP contribution in [0.25, 0.3) is 0 Å². The molecule has 0 amide bonds. The van der Waals surface area contributed by atoms with E-state index in [2.05, 4.69) is 31.2 Å². The Bertz CT molecular complexity index is 468. The summed E-state index contributed by atoms with van der Waals surface area (Å²) in [5, 5.41) is 7.60. The van der Waals surface area contributed by atoms with Gasteiger partial charge in [0.1, 0.15) is 5.02 Å². The SMILES string of the molecule is CC(C)Cn1ncc(NCC(C)C(C)C)c(Cl)c1=O. The number of anilines is 1. The van der Waals surface area contributed by atoms with Crippen LogP contribution in [0.2, 0.25) is 5.02 Å². The second kappa shape index (κ2) is 6.94. The molecule has 0 radical (unpaired) electrons. The van der Waals surface area contributed by atoms with Crippen LogP contribution in [-0.2, 0) is 6.54 Å². The Balaban J connectivity index is 2.82. The second-order valence-electron chi connectivity index (χ2n) is 5.86. The molecule has 1 rings (SSSR count).